The molecule has 2 rings (SSSR count). The Morgan fingerprint density at radius 2 is 2.33 bits per heavy atom. The van der Waals surface area contributed by atoms with E-state index >= 15 is 0 Å². The first kappa shape index (κ1) is 7.88. The molecule has 0 saturated carbocycles. The largest absolute Gasteiger partial charge is 0.368 e. The van der Waals surface area contributed by atoms with Crippen molar-refractivity contribution in [1.29, 1.82) is 0 Å². The molecule has 0 spiro atoms. The van der Waals surface area contributed by atoms with Gasteiger partial charge >= 0.3 is 0 Å². The Bertz CT molecular complexity index is 279. The van der Waals surface area contributed by atoms with Gasteiger partial charge in [0.15, 0.2) is 5.16 Å². The molecule has 66 valence electrons. The lowest BCUT2D eigenvalue weighted by Crippen LogP contribution is -2.44. The molecule has 0 amide bonds. The van der Waals surface area contributed by atoms with Gasteiger partial charge in [0.05, 0.1) is 0 Å². The third-order valence-corrected chi connectivity index (χ3v) is 3.12. The van der Waals surface area contributed by atoms with Crippen LogP contribution in [-0.2, 0) is 7.05 Å². The zero-order chi connectivity index (χ0) is 8.55. The maximum atomic E-state index is 5.54. The SMILES string of the molecule is Cn1c(N)nnc1SC1CNC1. The molecule has 3 N–H and O–H groups in total. The topological polar surface area (TPSA) is 68.8 Å². The summed E-state index contributed by atoms with van der Waals surface area (Å²) in [4.78, 5) is 0. The maximum absolute atomic E-state index is 5.54. The predicted molar refractivity (Wildman–Crippen MR) is 47.9 cm³/mol. The van der Waals surface area contributed by atoms with Crippen LogP contribution in [0.25, 0.3) is 0 Å². The van der Waals surface area contributed by atoms with E-state index < -0.39 is 0 Å². The summed E-state index contributed by atoms with van der Waals surface area (Å²) in [6.45, 7) is 2.11. The molecular formula is C6H11N5S. The summed E-state index contributed by atoms with van der Waals surface area (Å²) < 4.78 is 1.81. The molecule has 2 heterocycles. The number of anilines is 1. The summed E-state index contributed by atoms with van der Waals surface area (Å²) in [6.07, 6.45) is 0. The number of aromatic nitrogens is 3. The molecular weight excluding hydrogens is 174 g/mol. The number of nitrogens with zero attached hydrogens (tertiary/aromatic N) is 3. The zero-order valence-electron chi connectivity index (χ0n) is 6.82. The number of thioether (sulfide) groups is 1. The predicted octanol–water partition coefficient (Wildman–Crippen LogP) is -0.539. The van der Waals surface area contributed by atoms with E-state index in [1.165, 1.54) is 0 Å². The van der Waals surface area contributed by atoms with Crippen LogP contribution in [-0.4, -0.2) is 33.1 Å². The van der Waals surface area contributed by atoms with Crippen molar-refractivity contribution >= 4 is 17.7 Å². The van der Waals surface area contributed by atoms with Gasteiger partial charge in [-0.3, -0.25) is 4.57 Å². The lowest BCUT2D eigenvalue weighted by molar-refractivity contribution is 0.541. The van der Waals surface area contributed by atoms with Gasteiger partial charge in [0, 0.05) is 25.4 Å². The van der Waals surface area contributed by atoms with E-state index in [9.17, 15) is 0 Å². The van der Waals surface area contributed by atoms with Gasteiger partial charge in [0.2, 0.25) is 5.95 Å². The molecule has 0 atom stereocenters. The van der Waals surface area contributed by atoms with E-state index in [2.05, 4.69) is 15.5 Å². The normalized spacial score (nSPS) is 17.8. The number of nitrogens with one attached hydrogen (secondary N) is 1. The summed E-state index contributed by atoms with van der Waals surface area (Å²) in [5, 5.41) is 12.5. The Kier molecular flexibility index (Phi) is 1.93. The van der Waals surface area contributed by atoms with Crippen molar-refractivity contribution in [3.8, 4) is 0 Å². The fourth-order valence-electron chi connectivity index (χ4n) is 0.923. The minimum absolute atomic E-state index is 0.477. The van der Waals surface area contributed by atoms with Crippen LogP contribution in [0.2, 0.25) is 0 Å². The highest BCUT2D eigenvalue weighted by Crippen LogP contribution is 2.23. The van der Waals surface area contributed by atoms with Gasteiger partial charge in [-0.15, -0.1) is 10.2 Å². The fourth-order valence-corrected chi connectivity index (χ4v) is 1.96. The molecule has 5 nitrogen and oxygen atoms in total. The van der Waals surface area contributed by atoms with Crippen LogP contribution in [0.5, 0.6) is 0 Å². The molecule has 6 heteroatoms. The van der Waals surface area contributed by atoms with Gasteiger partial charge in [-0.2, -0.15) is 0 Å². The van der Waals surface area contributed by atoms with E-state index in [1.807, 2.05) is 11.6 Å². The van der Waals surface area contributed by atoms with Crippen LogP contribution in [0.1, 0.15) is 0 Å². The van der Waals surface area contributed by atoms with E-state index in [0.717, 1.165) is 18.2 Å². The van der Waals surface area contributed by atoms with E-state index in [4.69, 9.17) is 5.73 Å². The van der Waals surface area contributed by atoms with Gasteiger partial charge < -0.3 is 11.1 Å². The van der Waals surface area contributed by atoms with Crippen molar-refractivity contribution in [1.82, 2.24) is 20.1 Å². The summed E-state index contributed by atoms with van der Waals surface area (Å²) in [6, 6.07) is 0. The molecule has 0 aromatic carbocycles. The molecule has 12 heavy (non-hydrogen) atoms. The lowest BCUT2D eigenvalue weighted by Gasteiger charge is -2.25. The number of hydrogen-bond donors (Lipinski definition) is 2. The second-order valence-corrected chi connectivity index (χ2v) is 4.07. The molecule has 0 aliphatic carbocycles. The van der Waals surface area contributed by atoms with Gasteiger partial charge in [0.25, 0.3) is 0 Å². The van der Waals surface area contributed by atoms with Crippen LogP contribution in [0.15, 0.2) is 5.16 Å². The van der Waals surface area contributed by atoms with Crippen molar-refractivity contribution in [2.75, 3.05) is 18.8 Å². The van der Waals surface area contributed by atoms with Gasteiger partial charge in [-0.05, 0) is 0 Å². The average Bonchev–Trinajstić information content (AvgIpc) is 2.27. The first-order valence-corrected chi connectivity index (χ1v) is 4.67. The van der Waals surface area contributed by atoms with Gasteiger partial charge in [-0.25, -0.2) is 0 Å². The van der Waals surface area contributed by atoms with Crippen molar-refractivity contribution in [2.24, 2.45) is 7.05 Å². The first-order chi connectivity index (χ1) is 5.77. The Morgan fingerprint density at radius 3 is 2.75 bits per heavy atom. The van der Waals surface area contributed by atoms with Crippen LogP contribution in [0.4, 0.5) is 5.95 Å². The monoisotopic (exact) mass is 185 g/mol. The molecule has 1 aromatic rings. The third kappa shape index (κ3) is 1.27. The Morgan fingerprint density at radius 1 is 1.58 bits per heavy atom. The minimum atomic E-state index is 0.477. The van der Waals surface area contributed by atoms with E-state index in [0.29, 0.717) is 11.2 Å². The fraction of sp³-hybridized carbons (Fsp3) is 0.667. The maximum Gasteiger partial charge on any atom is 0.222 e. The van der Waals surface area contributed by atoms with E-state index in [1.54, 1.807) is 11.8 Å². The summed E-state index contributed by atoms with van der Waals surface area (Å²) in [5.74, 6) is 0.477. The quantitative estimate of drug-likeness (QED) is 0.647. The minimum Gasteiger partial charge on any atom is -0.368 e. The second-order valence-electron chi connectivity index (χ2n) is 2.80. The Balaban J connectivity index is 2.06. The van der Waals surface area contributed by atoms with Gasteiger partial charge in [-0.1, -0.05) is 11.8 Å². The summed E-state index contributed by atoms with van der Waals surface area (Å²) in [5.41, 5.74) is 5.54. The van der Waals surface area contributed by atoms with Crippen LogP contribution in [0.3, 0.4) is 0 Å². The molecule has 1 aliphatic heterocycles. The first-order valence-electron chi connectivity index (χ1n) is 3.79. The lowest BCUT2D eigenvalue weighted by atomic mass is 10.3. The van der Waals surface area contributed by atoms with Crippen molar-refractivity contribution in [3.63, 3.8) is 0 Å². The highest BCUT2D eigenvalue weighted by Gasteiger charge is 2.20. The zero-order valence-corrected chi connectivity index (χ0v) is 7.64. The molecule has 1 aromatic heterocycles. The Hall–Kier alpha value is -0.750. The van der Waals surface area contributed by atoms with Crippen molar-refractivity contribution in [3.05, 3.63) is 0 Å². The van der Waals surface area contributed by atoms with Crippen LogP contribution in [0, 0.1) is 0 Å². The number of nitrogens with two attached hydrogens (primary N) is 1. The molecule has 0 radical (unpaired) electrons. The summed E-state index contributed by atoms with van der Waals surface area (Å²) in [7, 11) is 1.88. The van der Waals surface area contributed by atoms with Gasteiger partial charge in [0.1, 0.15) is 0 Å². The van der Waals surface area contributed by atoms with Crippen LogP contribution < -0.4 is 11.1 Å². The second kappa shape index (κ2) is 2.95. The van der Waals surface area contributed by atoms with Crippen LogP contribution >= 0.6 is 11.8 Å². The van der Waals surface area contributed by atoms with Crippen molar-refractivity contribution < 1.29 is 0 Å². The Labute approximate surface area is 74.7 Å². The molecule has 0 bridgehead atoms. The highest BCUT2D eigenvalue weighted by molar-refractivity contribution is 7.99. The number of rotatable bonds is 2. The highest BCUT2D eigenvalue weighted by atomic mass is 32.2. The number of hydrogen-bond acceptors (Lipinski definition) is 5. The molecule has 1 aliphatic rings. The standard InChI is InChI=1S/C6H11N5S/c1-11-5(7)9-10-6(11)12-4-2-8-3-4/h4,8H,2-3H2,1H3,(H2,7,9). The van der Waals surface area contributed by atoms with Crippen molar-refractivity contribution in [2.45, 2.75) is 10.4 Å². The third-order valence-electron chi connectivity index (χ3n) is 1.88. The average molecular weight is 185 g/mol. The molecule has 1 fully saturated rings. The summed E-state index contributed by atoms with van der Waals surface area (Å²) >= 11 is 1.72. The number of nitrogen functional groups attached to an aromatic ring is 1. The molecule has 1 saturated heterocycles. The van der Waals surface area contributed by atoms with E-state index in [-0.39, 0.29) is 0 Å². The molecule has 0 unspecified atom stereocenters. The smallest absolute Gasteiger partial charge is 0.222 e.